The monoisotopic (exact) mass is 237 g/mol. The minimum atomic E-state index is 0.636. The molecule has 0 aliphatic heterocycles. The van der Waals surface area contributed by atoms with Crippen LogP contribution in [0.4, 0.5) is 5.13 Å². The molecule has 3 N–H and O–H groups in total. The summed E-state index contributed by atoms with van der Waals surface area (Å²) in [5, 5.41) is 5.93. The van der Waals surface area contributed by atoms with E-state index >= 15 is 0 Å². The summed E-state index contributed by atoms with van der Waals surface area (Å²) in [6, 6.07) is 3.96. The quantitative estimate of drug-likeness (QED) is 0.780. The highest BCUT2D eigenvalue weighted by Crippen LogP contribution is 2.11. The molecule has 0 aromatic carbocycles. The van der Waals surface area contributed by atoms with Gasteiger partial charge in [0.2, 0.25) is 0 Å². The number of nitrogen functional groups attached to an aromatic ring is 1. The molecule has 0 spiro atoms. The number of furan rings is 1. The van der Waals surface area contributed by atoms with E-state index in [9.17, 15) is 0 Å². The summed E-state index contributed by atoms with van der Waals surface area (Å²) in [7, 11) is 0. The fourth-order valence-corrected chi connectivity index (χ4v) is 2.04. The van der Waals surface area contributed by atoms with Crippen LogP contribution in [-0.4, -0.2) is 11.5 Å². The number of nitrogens with one attached hydrogen (secondary N) is 1. The van der Waals surface area contributed by atoms with Gasteiger partial charge in [-0.1, -0.05) is 0 Å². The summed E-state index contributed by atoms with van der Waals surface area (Å²) in [5.74, 6) is 1.92. The average molecular weight is 237 g/mol. The third-order valence-corrected chi connectivity index (χ3v) is 2.95. The van der Waals surface area contributed by atoms with E-state index < -0.39 is 0 Å². The standard InChI is InChI=1S/C11H15N3OS/c1-8-2-3-10(15-8)6-13-5-4-9-7-16-11(12)14-9/h2-3,7,13H,4-6H2,1H3,(H2,12,14). The lowest BCUT2D eigenvalue weighted by Crippen LogP contribution is -2.16. The average Bonchev–Trinajstić information content (AvgIpc) is 2.83. The van der Waals surface area contributed by atoms with E-state index in [1.165, 1.54) is 11.3 Å². The Morgan fingerprint density at radius 3 is 3.00 bits per heavy atom. The van der Waals surface area contributed by atoms with Crippen molar-refractivity contribution in [2.75, 3.05) is 12.3 Å². The number of nitrogens with two attached hydrogens (primary N) is 1. The Hall–Kier alpha value is -1.33. The van der Waals surface area contributed by atoms with Crippen molar-refractivity contribution in [2.45, 2.75) is 19.9 Å². The first kappa shape index (κ1) is 11.2. The molecule has 4 nitrogen and oxygen atoms in total. The molecule has 0 unspecified atom stereocenters. The Morgan fingerprint density at radius 2 is 2.38 bits per heavy atom. The van der Waals surface area contributed by atoms with Crippen LogP contribution in [0.5, 0.6) is 0 Å². The third kappa shape index (κ3) is 3.08. The van der Waals surface area contributed by atoms with Crippen molar-refractivity contribution >= 4 is 16.5 Å². The van der Waals surface area contributed by atoms with Gasteiger partial charge in [-0.3, -0.25) is 0 Å². The molecular formula is C11H15N3OS. The minimum Gasteiger partial charge on any atom is -0.465 e. The van der Waals surface area contributed by atoms with Gasteiger partial charge in [-0.15, -0.1) is 11.3 Å². The minimum absolute atomic E-state index is 0.636. The first-order valence-electron chi connectivity index (χ1n) is 5.20. The Labute approximate surface area is 98.5 Å². The SMILES string of the molecule is Cc1ccc(CNCCc2csc(N)n2)o1. The van der Waals surface area contributed by atoms with Crippen LogP contribution in [0.3, 0.4) is 0 Å². The van der Waals surface area contributed by atoms with Crippen LogP contribution < -0.4 is 11.1 Å². The van der Waals surface area contributed by atoms with E-state index in [-0.39, 0.29) is 0 Å². The molecule has 0 atom stereocenters. The van der Waals surface area contributed by atoms with Crippen LogP contribution in [0.2, 0.25) is 0 Å². The fraction of sp³-hybridized carbons (Fsp3) is 0.364. The fourth-order valence-electron chi connectivity index (χ4n) is 1.45. The maximum absolute atomic E-state index is 5.55. The summed E-state index contributed by atoms with van der Waals surface area (Å²) >= 11 is 1.48. The zero-order valence-electron chi connectivity index (χ0n) is 9.19. The predicted octanol–water partition coefficient (Wildman–Crippen LogP) is 1.96. The summed E-state index contributed by atoms with van der Waals surface area (Å²) in [6.07, 6.45) is 0.896. The number of aryl methyl sites for hydroxylation is 1. The van der Waals surface area contributed by atoms with Crippen LogP contribution in [0, 0.1) is 6.92 Å². The second-order valence-electron chi connectivity index (χ2n) is 3.62. The van der Waals surface area contributed by atoms with Crippen LogP contribution in [0.15, 0.2) is 21.9 Å². The number of nitrogens with zero attached hydrogens (tertiary/aromatic N) is 1. The molecule has 0 radical (unpaired) electrons. The van der Waals surface area contributed by atoms with E-state index in [4.69, 9.17) is 10.2 Å². The Bertz CT molecular complexity index is 407. The first-order valence-corrected chi connectivity index (χ1v) is 6.08. The van der Waals surface area contributed by atoms with Gasteiger partial charge < -0.3 is 15.5 Å². The lowest BCUT2D eigenvalue weighted by atomic mass is 10.3. The second kappa shape index (κ2) is 5.14. The van der Waals surface area contributed by atoms with Crippen LogP contribution in [-0.2, 0) is 13.0 Å². The Balaban J connectivity index is 1.69. The van der Waals surface area contributed by atoms with Crippen molar-refractivity contribution in [3.8, 4) is 0 Å². The number of hydrogen-bond acceptors (Lipinski definition) is 5. The molecule has 0 bridgehead atoms. The van der Waals surface area contributed by atoms with Crippen LogP contribution in [0.1, 0.15) is 17.2 Å². The van der Waals surface area contributed by atoms with Gasteiger partial charge >= 0.3 is 0 Å². The molecule has 0 aliphatic carbocycles. The van der Waals surface area contributed by atoms with Gasteiger partial charge in [-0.25, -0.2) is 4.98 Å². The van der Waals surface area contributed by atoms with Crippen LogP contribution in [0.25, 0.3) is 0 Å². The maximum atomic E-state index is 5.55. The molecule has 0 aliphatic rings. The molecule has 86 valence electrons. The van der Waals surface area contributed by atoms with Gasteiger partial charge in [-0.05, 0) is 19.1 Å². The molecule has 0 saturated heterocycles. The molecular weight excluding hydrogens is 222 g/mol. The maximum Gasteiger partial charge on any atom is 0.180 e. The molecule has 16 heavy (non-hydrogen) atoms. The van der Waals surface area contributed by atoms with Crippen molar-refractivity contribution in [1.82, 2.24) is 10.3 Å². The summed E-state index contributed by atoms with van der Waals surface area (Å²) in [4.78, 5) is 4.19. The van der Waals surface area contributed by atoms with Crippen molar-refractivity contribution in [2.24, 2.45) is 0 Å². The highest BCUT2D eigenvalue weighted by atomic mass is 32.1. The lowest BCUT2D eigenvalue weighted by Gasteiger charge is -2.00. The zero-order valence-corrected chi connectivity index (χ0v) is 10.0. The number of anilines is 1. The highest BCUT2D eigenvalue weighted by Gasteiger charge is 2.00. The molecule has 2 rings (SSSR count). The van der Waals surface area contributed by atoms with Gasteiger partial charge in [0.15, 0.2) is 5.13 Å². The van der Waals surface area contributed by atoms with Gasteiger partial charge in [0, 0.05) is 18.3 Å². The summed E-state index contributed by atoms with van der Waals surface area (Å²) < 4.78 is 5.44. The van der Waals surface area contributed by atoms with Gasteiger partial charge in [0.05, 0.1) is 12.2 Å². The molecule has 0 amide bonds. The number of rotatable bonds is 5. The first-order chi connectivity index (χ1) is 7.74. The topological polar surface area (TPSA) is 64.1 Å². The molecule has 2 heterocycles. The molecule has 0 fully saturated rings. The molecule has 5 heteroatoms. The van der Waals surface area contributed by atoms with Gasteiger partial charge in [0.25, 0.3) is 0 Å². The van der Waals surface area contributed by atoms with Crippen molar-refractivity contribution in [3.05, 3.63) is 34.7 Å². The van der Waals surface area contributed by atoms with E-state index in [2.05, 4.69) is 10.3 Å². The Morgan fingerprint density at radius 1 is 1.50 bits per heavy atom. The zero-order chi connectivity index (χ0) is 11.4. The highest BCUT2D eigenvalue weighted by molar-refractivity contribution is 7.13. The van der Waals surface area contributed by atoms with Crippen molar-refractivity contribution in [1.29, 1.82) is 0 Å². The molecule has 2 aromatic heterocycles. The smallest absolute Gasteiger partial charge is 0.180 e. The summed E-state index contributed by atoms with van der Waals surface area (Å²) in [6.45, 7) is 3.58. The van der Waals surface area contributed by atoms with E-state index in [1.807, 2.05) is 24.4 Å². The van der Waals surface area contributed by atoms with Gasteiger partial charge in [-0.2, -0.15) is 0 Å². The van der Waals surface area contributed by atoms with E-state index in [1.54, 1.807) is 0 Å². The molecule has 0 saturated carbocycles. The van der Waals surface area contributed by atoms with Crippen molar-refractivity contribution < 1.29 is 4.42 Å². The predicted molar refractivity (Wildman–Crippen MR) is 65.4 cm³/mol. The number of aromatic nitrogens is 1. The van der Waals surface area contributed by atoms with Crippen LogP contribution >= 0.6 is 11.3 Å². The normalized spacial score (nSPS) is 10.8. The summed E-state index contributed by atoms with van der Waals surface area (Å²) in [5.41, 5.74) is 6.60. The lowest BCUT2D eigenvalue weighted by molar-refractivity contribution is 0.462. The molecule has 2 aromatic rings. The second-order valence-corrected chi connectivity index (χ2v) is 4.51. The number of hydrogen-bond donors (Lipinski definition) is 2. The third-order valence-electron chi connectivity index (χ3n) is 2.22. The number of thiazole rings is 1. The van der Waals surface area contributed by atoms with Crippen molar-refractivity contribution in [3.63, 3.8) is 0 Å². The largest absolute Gasteiger partial charge is 0.465 e. The Kier molecular flexibility index (Phi) is 3.58. The van der Waals surface area contributed by atoms with Gasteiger partial charge in [0.1, 0.15) is 11.5 Å². The van der Waals surface area contributed by atoms with E-state index in [0.29, 0.717) is 5.13 Å². The van der Waals surface area contributed by atoms with E-state index in [0.717, 1.165) is 36.7 Å².